The van der Waals surface area contributed by atoms with Crippen molar-refractivity contribution in [2.75, 3.05) is 5.75 Å². The van der Waals surface area contributed by atoms with E-state index >= 15 is 0 Å². The third kappa shape index (κ3) is 7.09. The van der Waals surface area contributed by atoms with Gasteiger partial charge in [0, 0.05) is 22.5 Å². The van der Waals surface area contributed by atoms with Crippen molar-refractivity contribution in [3.63, 3.8) is 0 Å². The maximum absolute atomic E-state index is 13.2. The van der Waals surface area contributed by atoms with E-state index in [0.717, 1.165) is 10.5 Å². The van der Waals surface area contributed by atoms with Gasteiger partial charge in [0.15, 0.2) is 0 Å². The number of nitrogens with zero attached hydrogens (tertiary/aromatic N) is 1. The van der Waals surface area contributed by atoms with Crippen molar-refractivity contribution in [2.45, 2.75) is 57.6 Å². The Morgan fingerprint density at radius 2 is 1.76 bits per heavy atom. The van der Waals surface area contributed by atoms with Gasteiger partial charge in [0.2, 0.25) is 11.8 Å². The molecule has 0 saturated heterocycles. The lowest BCUT2D eigenvalue weighted by Gasteiger charge is -2.31. The monoisotopic (exact) mass is 432 g/mol. The summed E-state index contributed by atoms with van der Waals surface area (Å²) in [5.74, 6) is 0.0448. The number of amides is 2. The van der Waals surface area contributed by atoms with Gasteiger partial charge in [-0.1, -0.05) is 54.4 Å². The maximum atomic E-state index is 13.2. The minimum Gasteiger partial charge on any atom is -0.352 e. The van der Waals surface area contributed by atoms with Crippen LogP contribution in [0, 0.1) is 6.92 Å². The molecule has 2 aromatic carbocycles. The highest BCUT2D eigenvalue weighted by Crippen LogP contribution is 2.23. The van der Waals surface area contributed by atoms with Gasteiger partial charge in [0.1, 0.15) is 6.04 Å². The van der Waals surface area contributed by atoms with E-state index in [1.54, 1.807) is 11.0 Å². The van der Waals surface area contributed by atoms with Gasteiger partial charge in [-0.3, -0.25) is 9.59 Å². The molecule has 0 heterocycles. The van der Waals surface area contributed by atoms with Crippen molar-refractivity contribution < 1.29 is 9.59 Å². The van der Waals surface area contributed by atoms with Crippen molar-refractivity contribution in [3.8, 4) is 0 Å². The second-order valence-corrected chi connectivity index (χ2v) is 8.76. The molecule has 2 rings (SSSR count). The minimum absolute atomic E-state index is 0.00995. The number of nitrogens with one attached hydrogen (secondary N) is 1. The molecule has 6 heteroatoms. The number of carbonyl (C=O) groups is 2. The van der Waals surface area contributed by atoms with E-state index in [1.807, 2.05) is 70.2 Å². The lowest BCUT2D eigenvalue weighted by molar-refractivity contribution is -0.139. The van der Waals surface area contributed by atoms with Gasteiger partial charge in [-0.2, -0.15) is 0 Å². The summed E-state index contributed by atoms with van der Waals surface area (Å²) in [6.45, 7) is 8.09. The summed E-state index contributed by atoms with van der Waals surface area (Å²) in [5, 5.41) is 3.53. The van der Waals surface area contributed by atoms with E-state index in [4.69, 9.17) is 11.6 Å². The Kier molecular flexibility index (Phi) is 9.05. The number of carbonyl (C=O) groups excluding carboxylic acids is 2. The van der Waals surface area contributed by atoms with Gasteiger partial charge in [0.25, 0.3) is 0 Å². The summed E-state index contributed by atoms with van der Waals surface area (Å²) in [6.07, 6.45) is 0.532. The predicted octanol–water partition coefficient (Wildman–Crippen LogP) is 5.07. The topological polar surface area (TPSA) is 49.4 Å². The van der Waals surface area contributed by atoms with Crippen LogP contribution in [0.25, 0.3) is 0 Å². The van der Waals surface area contributed by atoms with E-state index in [9.17, 15) is 9.59 Å². The summed E-state index contributed by atoms with van der Waals surface area (Å²) >= 11 is 7.81. The molecule has 0 aliphatic heterocycles. The number of halogens is 1. The number of aryl methyl sites for hydroxylation is 1. The largest absolute Gasteiger partial charge is 0.352 e. The summed E-state index contributed by atoms with van der Waals surface area (Å²) in [5.41, 5.74) is 2.01. The first kappa shape index (κ1) is 23.3. The van der Waals surface area contributed by atoms with Gasteiger partial charge in [-0.25, -0.2) is 0 Å². The molecule has 0 bridgehead atoms. The maximum Gasteiger partial charge on any atom is 0.243 e. The minimum atomic E-state index is -0.542. The van der Waals surface area contributed by atoms with Crippen LogP contribution in [0.15, 0.2) is 53.4 Å². The van der Waals surface area contributed by atoms with Crippen molar-refractivity contribution in [1.29, 1.82) is 0 Å². The quantitative estimate of drug-likeness (QED) is 0.562. The molecule has 1 atom stereocenters. The van der Waals surface area contributed by atoms with Crippen molar-refractivity contribution in [3.05, 3.63) is 64.7 Å². The number of benzene rings is 2. The third-order valence-electron chi connectivity index (χ3n) is 4.50. The van der Waals surface area contributed by atoms with E-state index in [-0.39, 0.29) is 23.6 Å². The molecule has 1 unspecified atom stereocenters. The highest BCUT2D eigenvalue weighted by molar-refractivity contribution is 8.00. The van der Waals surface area contributed by atoms with Crippen LogP contribution in [-0.4, -0.2) is 34.6 Å². The zero-order chi connectivity index (χ0) is 21.4. The molecule has 0 spiro atoms. The van der Waals surface area contributed by atoms with Crippen LogP contribution < -0.4 is 5.32 Å². The zero-order valence-electron chi connectivity index (χ0n) is 17.4. The van der Waals surface area contributed by atoms with Crippen LogP contribution in [-0.2, 0) is 16.1 Å². The smallest absolute Gasteiger partial charge is 0.243 e. The first-order valence-electron chi connectivity index (χ1n) is 9.84. The van der Waals surface area contributed by atoms with Crippen LogP contribution in [0.5, 0.6) is 0 Å². The summed E-state index contributed by atoms with van der Waals surface area (Å²) in [7, 11) is 0. The molecular formula is C23H29ClN2O2S. The molecule has 1 N–H and O–H groups in total. The Morgan fingerprint density at radius 3 is 2.34 bits per heavy atom. The molecule has 156 valence electrons. The fourth-order valence-corrected chi connectivity index (χ4v) is 3.95. The normalized spacial score (nSPS) is 11.9. The van der Waals surface area contributed by atoms with E-state index < -0.39 is 6.04 Å². The predicted molar refractivity (Wildman–Crippen MR) is 121 cm³/mol. The first-order valence-corrected chi connectivity index (χ1v) is 11.2. The molecule has 2 amide bonds. The van der Waals surface area contributed by atoms with Gasteiger partial charge in [-0.15, -0.1) is 11.8 Å². The standard InChI is InChI=1S/C23H29ClN2O2S/c1-5-21(23(28)25-16(2)3)26(14-18-8-6-7-9-20(18)24)22(27)15-29-19-12-10-17(4)11-13-19/h6-13,16,21H,5,14-15H2,1-4H3,(H,25,28). The number of rotatable bonds is 9. The van der Waals surface area contributed by atoms with Crippen LogP contribution in [0.1, 0.15) is 38.3 Å². The van der Waals surface area contributed by atoms with Crippen LogP contribution in [0.4, 0.5) is 0 Å². The molecule has 29 heavy (non-hydrogen) atoms. The van der Waals surface area contributed by atoms with Crippen LogP contribution >= 0.6 is 23.4 Å². The highest BCUT2D eigenvalue weighted by atomic mass is 35.5. The van der Waals surface area contributed by atoms with Gasteiger partial charge >= 0.3 is 0 Å². The van der Waals surface area contributed by atoms with Crippen LogP contribution in [0.3, 0.4) is 0 Å². The first-order chi connectivity index (χ1) is 13.8. The second-order valence-electron chi connectivity index (χ2n) is 7.30. The van der Waals surface area contributed by atoms with E-state index in [1.165, 1.54) is 17.3 Å². The van der Waals surface area contributed by atoms with E-state index in [0.29, 0.717) is 18.0 Å². The average molecular weight is 433 g/mol. The van der Waals surface area contributed by atoms with Gasteiger partial charge in [-0.05, 0) is 51.0 Å². The molecule has 0 aliphatic carbocycles. The van der Waals surface area contributed by atoms with Gasteiger partial charge < -0.3 is 10.2 Å². The molecule has 0 saturated carbocycles. The Bertz CT molecular complexity index is 824. The summed E-state index contributed by atoms with van der Waals surface area (Å²) in [4.78, 5) is 28.6. The Balaban J connectivity index is 2.21. The Hall–Kier alpha value is -1.98. The van der Waals surface area contributed by atoms with Crippen molar-refractivity contribution >= 4 is 35.2 Å². The number of hydrogen-bond donors (Lipinski definition) is 1. The lowest BCUT2D eigenvalue weighted by Crippen LogP contribution is -2.51. The molecule has 0 fully saturated rings. The fraction of sp³-hybridized carbons (Fsp3) is 0.391. The Labute approximate surface area is 183 Å². The molecule has 0 aromatic heterocycles. The van der Waals surface area contributed by atoms with E-state index in [2.05, 4.69) is 5.32 Å². The van der Waals surface area contributed by atoms with Crippen LogP contribution in [0.2, 0.25) is 5.02 Å². The molecular weight excluding hydrogens is 404 g/mol. The molecule has 4 nitrogen and oxygen atoms in total. The summed E-state index contributed by atoms with van der Waals surface area (Å²) in [6, 6.07) is 15.0. The van der Waals surface area contributed by atoms with Crippen molar-refractivity contribution in [2.24, 2.45) is 0 Å². The highest BCUT2D eigenvalue weighted by Gasteiger charge is 2.29. The number of hydrogen-bond acceptors (Lipinski definition) is 3. The molecule has 2 aromatic rings. The SMILES string of the molecule is CCC(C(=O)NC(C)C)N(Cc1ccccc1Cl)C(=O)CSc1ccc(C)cc1. The number of thioether (sulfide) groups is 1. The fourth-order valence-electron chi connectivity index (χ4n) is 2.97. The van der Waals surface area contributed by atoms with Crippen molar-refractivity contribution in [1.82, 2.24) is 10.2 Å². The van der Waals surface area contributed by atoms with Gasteiger partial charge in [0.05, 0.1) is 5.75 Å². The second kappa shape index (κ2) is 11.3. The zero-order valence-corrected chi connectivity index (χ0v) is 19.0. The lowest BCUT2D eigenvalue weighted by atomic mass is 10.1. The Morgan fingerprint density at radius 1 is 1.10 bits per heavy atom. The average Bonchev–Trinajstić information content (AvgIpc) is 2.68. The molecule has 0 radical (unpaired) electrons. The summed E-state index contributed by atoms with van der Waals surface area (Å²) < 4.78 is 0. The third-order valence-corrected chi connectivity index (χ3v) is 5.86. The molecule has 0 aliphatic rings.